The van der Waals surface area contributed by atoms with Crippen LogP contribution in [0.25, 0.3) is 10.9 Å². The zero-order valence-corrected chi connectivity index (χ0v) is 10.3. The molecule has 0 bridgehead atoms. The van der Waals surface area contributed by atoms with E-state index in [4.69, 9.17) is 5.11 Å². The molecule has 1 aromatic carbocycles. The van der Waals surface area contributed by atoms with E-state index >= 15 is 0 Å². The van der Waals surface area contributed by atoms with Gasteiger partial charge in [-0.25, -0.2) is 0 Å². The lowest BCUT2D eigenvalue weighted by Crippen LogP contribution is -2.13. The Morgan fingerprint density at radius 1 is 1.29 bits per heavy atom. The van der Waals surface area contributed by atoms with Crippen LogP contribution in [0.4, 0.5) is 0 Å². The van der Waals surface area contributed by atoms with Crippen LogP contribution in [0.3, 0.4) is 0 Å². The van der Waals surface area contributed by atoms with Crippen molar-refractivity contribution in [1.82, 2.24) is 9.88 Å². The van der Waals surface area contributed by atoms with Crippen LogP contribution >= 0.6 is 0 Å². The summed E-state index contributed by atoms with van der Waals surface area (Å²) in [6, 6.07) is 8.60. The summed E-state index contributed by atoms with van der Waals surface area (Å²) in [6.45, 7) is 5.00. The van der Waals surface area contributed by atoms with Crippen molar-refractivity contribution < 1.29 is 5.11 Å². The van der Waals surface area contributed by atoms with Crippen molar-refractivity contribution in [2.24, 2.45) is 0 Å². The molecular weight excluding hydrogens is 212 g/mol. The number of nitrogens with one attached hydrogen (secondary N) is 1. The Hall–Kier alpha value is -1.32. The number of rotatable bonds is 6. The van der Waals surface area contributed by atoms with E-state index in [2.05, 4.69) is 41.1 Å². The number of aliphatic hydroxyl groups is 1. The van der Waals surface area contributed by atoms with Gasteiger partial charge in [0, 0.05) is 24.8 Å². The molecule has 2 aromatic rings. The summed E-state index contributed by atoms with van der Waals surface area (Å²) < 4.78 is 2.08. The first-order chi connectivity index (χ1) is 8.35. The van der Waals surface area contributed by atoms with Crippen LogP contribution in [0.2, 0.25) is 0 Å². The quantitative estimate of drug-likeness (QED) is 0.749. The Bertz CT molecular complexity index is 476. The van der Waals surface area contributed by atoms with Crippen LogP contribution in [-0.4, -0.2) is 22.8 Å². The normalized spacial score (nSPS) is 11.2. The second-order valence-electron chi connectivity index (χ2n) is 4.30. The largest absolute Gasteiger partial charge is 0.395 e. The van der Waals surface area contributed by atoms with Crippen molar-refractivity contribution in [3.05, 3.63) is 36.0 Å². The molecule has 0 radical (unpaired) electrons. The molecule has 1 aromatic heterocycles. The first-order valence-corrected chi connectivity index (χ1v) is 6.24. The van der Waals surface area contributed by atoms with E-state index in [1.165, 1.54) is 16.5 Å². The summed E-state index contributed by atoms with van der Waals surface area (Å²) >= 11 is 0. The van der Waals surface area contributed by atoms with Gasteiger partial charge in [0.15, 0.2) is 0 Å². The predicted molar refractivity (Wildman–Crippen MR) is 71.0 cm³/mol. The first-order valence-electron chi connectivity index (χ1n) is 6.24. The molecule has 3 nitrogen and oxygen atoms in total. The SMILES string of the molecule is CCCNCc1ccc2c(ccn2CCO)c1. The van der Waals surface area contributed by atoms with Crippen LogP contribution in [0.15, 0.2) is 30.5 Å². The summed E-state index contributed by atoms with van der Waals surface area (Å²) in [5, 5.41) is 13.6. The molecule has 0 amide bonds. The molecule has 2 rings (SSSR count). The molecule has 0 saturated carbocycles. The Labute approximate surface area is 102 Å². The average Bonchev–Trinajstić information content (AvgIpc) is 2.73. The number of aliphatic hydroxyl groups excluding tert-OH is 1. The third-order valence-corrected chi connectivity index (χ3v) is 2.93. The van der Waals surface area contributed by atoms with E-state index in [-0.39, 0.29) is 6.61 Å². The first kappa shape index (κ1) is 12.1. The molecule has 2 N–H and O–H groups in total. The summed E-state index contributed by atoms with van der Waals surface area (Å²) in [5.74, 6) is 0. The summed E-state index contributed by atoms with van der Waals surface area (Å²) in [5.41, 5.74) is 2.51. The fraction of sp³-hybridized carbons (Fsp3) is 0.429. The number of fused-ring (bicyclic) bond motifs is 1. The van der Waals surface area contributed by atoms with Crippen LogP contribution < -0.4 is 5.32 Å². The van der Waals surface area contributed by atoms with Gasteiger partial charge in [0.25, 0.3) is 0 Å². The molecule has 0 aliphatic heterocycles. The van der Waals surface area contributed by atoms with Gasteiger partial charge in [0.05, 0.1) is 6.61 Å². The summed E-state index contributed by atoms with van der Waals surface area (Å²) in [7, 11) is 0. The zero-order valence-electron chi connectivity index (χ0n) is 10.3. The third kappa shape index (κ3) is 2.87. The maximum atomic E-state index is 8.96. The minimum atomic E-state index is 0.184. The lowest BCUT2D eigenvalue weighted by molar-refractivity contribution is 0.278. The standard InChI is InChI=1S/C14H20N2O/c1-2-6-15-11-12-3-4-14-13(10-12)5-7-16(14)8-9-17/h3-5,7,10,15,17H,2,6,8-9,11H2,1H3. The van der Waals surface area contributed by atoms with E-state index in [0.29, 0.717) is 6.54 Å². The predicted octanol–water partition coefficient (Wildman–Crippen LogP) is 2.13. The molecule has 0 saturated heterocycles. The molecule has 0 atom stereocenters. The van der Waals surface area contributed by atoms with Gasteiger partial charge >= 0.3 is 0 Å². The molecule has 92 valence electrons. The number of benzene rings is 1. The summed E-state index contributed by atoms with van der Waals surface area (Å²) in [6.07, 6.45) is 3.19. The fourth-order valence-corrected chi connectivity index (χ4v) is 2.07. The van der Waals surface area contributed by atoms with Crippen molar-refractivity contribution >= 4 is 10.9 Å². The number of aromatic nitrogens is 1. The number of hydrogen-bond donors (Lipinski definition) is 2. The van der Waals surface area contributed by atoms with Gasteiger partial charge in [0.2, 0.25) is 0 Å². The molecule has 0 spiro atoms. The Morgan fingerprint density at radius 3 is 2.94 bits per heavy atom. The number of nitrogens with zero attached hydrogens (tertiary/aromatic N) is 1. The van der Waals surface area contributed by atoms with E-state index < -0.39 is 0 Å². The lowest BCUT2D eigenvalue weighted by Gasteiger charge is -2.05. The highest BCUT2D eigenvalue weighted by Gasteiger charge is 2.01. The maximum absolute atomic E-state index is 8.96. The summed E-state index contributed by atoms with van der Waals surface area (Å²) in [4.78, 5) is 0. The van der Waals surface area contributed by atoms with Gasteiger partial charge in [-0.15, -0.1) is 0 Å². The minimum absolute atomic E-state index is 0.184. The third-order valence-electron chi connectivity index (χ3n) is 2.93. The molecule has 0 aliphatic carbocycles. The second kappa shape index (κ2) is 5.84. The van der Waals surface area contributed by atoms with Gasteiger partial charge < -0.3 is 15.0 Å². The molecule has 0 fully saturated rings. The minimum Gasteiger partial charge on any atom is -0.395 e. The van der Waals surface area contributed by atoms with Crippen LogP contribution in [-0.2, 0) is 13.1 Å². The smallest absolute Gasteiger partial charge is 0.0610 e. The van der Waals surface area contributed by atoms with Gasteiger partial charge in [-0.3, -0.25) is 0 Å². The average molecular weight is 232 g/mol. The van der Waals surface area contributed by atoms with Gasteiger partial charge in [-0.05, 0) is 42.1 Å². The van der Waals surface area contributed by atoms with Crippen molar-refractivity contribution in [3.63, 3.8) is 0 Å². The van der Waals surface area contributed by atoms with Gasteiger partial charge in [-0.1, -0.05) is 13.0 Å². The zero-order chi connectivity index (χ0) is 12.1. The Kier molecular flexibility index (Phi) is 4.18. The maximum Gasteiger partial charge on any atom is 0.0610 e. The monoisotopic (exact) mass is 232 g/mol. The number of hydrogen-bond acceptors (Lipinski definition) is 2. The molecular formula is C14H20N2O. The van der Waals surface area contributed by atoms with Crippen molar-refractivity contribution in [1.29, 1.82) is 0 Å². The Morgan fingerprint density at radius 2 is 2.18 bits per heavy atom. The van der Waals surface area contributed by atoms with Gasteiger partial charge in [0.1, 0.15) is 0 Å². The topological polar surface area (TPSA) is 37.2 Å². The molecule has 3 heteroatoms. The van der Waals surface area contributed by atoms with Crippen molar-refractivity contribution in [3.8, 4) is 0 Å². The second-order valence-corrected chi connectivity index (χ2v) is 4.30. The molecule has 0 aliphatic rings. The van der Waals surface area contributed by atoms with Crippen LogP contribution in [0, 0.1) is 0 Å². The Balaban J connectivity index is 2.14. The molecule has 17 heavy (non-hydrogen) atoms. The van der Waals surface area contributed by atoms with E-state index in [9.17, 15) is 0 Å². The van der Waals surface area contributed by atoms with Crippen LogP contribution in [0.5, 0.6) is 0 Å². The van der Waals surface area contributed by atoms with E-state index in [1.54, 1.807) is 0 Å². The van der Waals surface area contributed by atoms with Gasteiger partial charge in [-0.2, -0.15) is 0 Å². The van der Waals surface area contributed by atoms with E-state index in [0.717, 1.165) is 19.5 Å². The van der Waals surface area contributed by atoms with E-state index in [1.807, 2.05) is 6.20 Å². The highest BCUT2D eigenvalue weighted by Crippen LogP contribution is 2.17. The van der Waals surface area contributed by atoms with Crippen molar-refractivity contribution in [2.75, 3.05) is 13.2 Å². The molecule has 0 unspecified atom stereocenters. The highest BCUT2D eigenvalue weighted by atomic mass is 16.3. The fourth-order valence-electron chi connectivity index (χ4n) is 2.07. The molecule has 1 heterocycles. The lowest BCUT2D eigenvalue weighted by atomic mass is 10.1. The van der Waals surface area contributed by atoms with Crippen LogP contribution in [0.1, 0.15) is 18.9 Å². The van der Waals surface area contributed by atoms with Crippen molar-refractivity contribution in [2.45, 2.75) is 26.4 Å². The highest BCUT2D eigenvalue weighted by molar-refractivity contribution is 5.80.